The van der Waals surface area contributed by atoms with Crippen LogP contribution in [-0.2, 0) is 4.79 Å². The van der Waals surface area contributed by atoms with Crippen molar-refractivity contribution in [2.75, 3.05) is 0 Å². The number of nitrogens with zero attached hydrogens (tertiary/aromatic N) is 1. The van der Waals surface area contributed by atoms with E-state index in [1.165, 1.54) is 6.92 Å². The van der Waals surface area contributed by atoms with Gasteiger partial charge in [-0.2, -0.15) is 0 Å². The Labute approximate surface area is 76.1 Å². The number of carbonyl (C=O) groups excluding carboxylic acids is 1. The summed E-state index contributed by atoms with van der Waals surface area (Å²) in [6, 6.07) is 7.50. The van der Waals surface area contributed by atoms with Crippen molar-refractivity contribution in [2.45, 2.75) is 13.2 Å². The van der Waals surface area contributed by atoms with Gasteiger partial charge in [-0.3, -0.25) is 4.79 Å². The van der Waals surface area contributed by atoms with Crippen molar-refractivity contribution >= 4 is 12.0 Å². The first-order valence-electron chi connectivity index (χ1n) is 4.07. The first-order chi connectivity index (χ1) is 6.27. The summed E-state index contributed by atoms with van der Waals surface area (Å²) in [4.78, 5) is 14.9. The van der Waals surface area contributed by atoms with E-state index in [1.807, 2.05) is 24.3 Å². The van der Waals surface area contributed by atoms with Crippen molar-refractivity contribution in [3.8, 4) is 5.75 Å². The highest BCUT2D eigenvalue weighted by molar-refractivity contribution is 5.89. The highest BCUT2D eigenvalue weighted by Gasteiger charge is 2.18. The van der Waals surface area contributed by atoms with Crippen molar-refractivity contribution in [2.24, 2.45) is 4.99 Å². The van der Waals surface area contributed by atoms with Gasteiger partial charge in [-0.25, -0.2) is 4.99 Å². The molecule has 1 unspecified atom stereocenters. The van der Waals surface area contributed by atoms with E-state index in [0.717, 1.165) is 11.3 Å². The Bertz CT molecular complexity index is 371. The summed E-state index contributed by atoms with van der Waals surface area (Å²) in [5.41, 5.74) is 0.917. The minimum atomic E-state index is -0.658. The zero-order valence-electron chi connectivity index (χ0n) is 7.23. The largest absolute Gasteiger partial charge is 0.461 e. The molecular formula is C10H9NO2. The lowest BCUT2D eigenvalue weighted by Crippen LogP contribution is -2.25. The minimum absolute atomic E-state index is 0.0780. The van der Waals surface area contributed by atoms with E-state index < -0.39 is 6.23 Å². The molecule has 13 heavy (non-hydrogen) atoms. The lowest BCUT2D eigenvalue weighted by atomic mass is 10.2. The van der Waals surface area contributed by atoms with Gasteiger partial charge < -0.3 is 4.74 Å². The molecule has 1 aromatic carbocycles. The summed E-state index contributed by atoms with van der Waals surface area (Å²) < 4.78 is 5.35. The fraction of sp³-hybridized carbons (Fsp3) is 0.200. The van der Waals surface area contributed by atoms with Gasteiger partial charge in [0.2, 0.25) is 6.23 Å². The SMILES string of the molecule is CC(=O)C1N=Cc2ccccc2O1. The number of aliphatic imine (C=N–C) groups is 1. The number of carbonyl (C=O) groups is 1. The van der Waals surface area contributed by atoms with Crippen molar-refractivity contribution < 1.29 is 9.53 Å². The maximum absolute atomic E-state index is 11.0. The molecule has 0 radical (unpaired) electrons. The van der Waals surface area contributed by atoms with Gasteiger partial charge in [-0.15, -0.1) is 0 Å². The quantitative estimate of drug-likeness (QED) is 0.647. The molecule has 1 heterocycles. The van der Waals surface area contributed by atoms with E-state index in [1.54, 1.807) is 6.21 Å². The van der Waals surface area contributed by atoms with Crippen molar-refractivity contribution in [1.82, 2.24) is 0 Å². The third-order valence-electron chi connectivity index (χ3n) is 1.85. The van der Waals surface area contributed by atoms with Crippen LogP contribution < -0.4 is 4.74 Å². The summed E-state index contributed by atoms with van der Waals surface area (Å²) in [6.45, 7) is 1.47. The summed E-state index contributed by atoms with van der Waals surface area (Å²) in [5.74, 6) is 0.642. The van der Waals surface area contributed by atoms with Gasteiger partial charge in [-0.05, 0) is 12.1 Å². The number of fused-ring (bicyclic) bond motifs is 1. The molecule has 3 nitrogen and oxygen atoms in total. The van der Waals surface area contributed by atoms with Crippen LogP contribution in [0.3, 0.4) is 0 Å². The standard InChI is InChI=1S/C10H9NO2/c1-7(12)10-11-6-8-4-2-3-5-9(8)13-10/h2-6,10H,1H3. The molecule has 1 atom stereocenters. The molecular weight excluding hydrogens is 166 g/mol. The van der Waals surface area contributed by atoms with Crippen molar-refractivity contribution in [3.05, 3.63) is 29.8 Å². The number of rotatable bonds is 1. The Morgan fingerprint density at radius 3 is 3.00 bits per heavy atom. The highest BCUT2D eigenvalue weighted by atomic mass is 16.5. The second-order valence-electron chi connectivity index (χ2n) is 2.90. The molecule has 2 rings (SSSR count). The summed E-state index contributed by atoms with van der Waals surface area (Å²) >= 11 is 0. The van der Waals surface area contributed by atoms with Crippen LogP contribution in [0.4, 0.5) is 0 Å². The second kappa shape index (κ2) is 3.01. The Hall–Kier alpha value is -1.64. The Kier molecular flexibility index (Phi) is 1.85. The zero-order chi connectivity index (χ0) is 9.26. The van der Waals surface area contributed by atoms with Gasteiger partial charge in [0.15, 0.2) is 5.78 Å². The number of hydrogen-bond acceptors (Lipinski definition) is 3. The lowest BCUT2D eigenvalue weighted by Gasteiger charge is -2.17. The van der Waals surface area contributed by atoms with Crippen LogP contribution in [0.2, 0.25) is 0 Å². The fourth-order valence-electron chi connectivity index (χ4n) is 1.18. The van der Waals surface area contributed by atoms with Gasteiger partial charge in [0, 0.05) is 18.7 Å². The second-order valence-corrected chi connectivity index (χ2v) is 2.90. The average Bonchev–Trinajstić information content (AvgIpc) is 2.17. The van der Waals surface area contributed by atoms with Gasteiger partial charge in [0.25, 0.3) is 0 Å². The maximum Gasteiger partial charge on any atom is 0.248 e. The third kappa shape index (κ3) is 1.45. The highest BCUT2D eigenvalue weighted by Crippen LogP contribution is 2.21. The fourth-order valence-corrected chi connectivity index (χ4v) is 1.18. The topological polar surface area (TPSA) is 38.7 Å². The smallest absolute Gasteiger partial charge is 0.248 e. The predicted molar refractivity (Wildman–Crippen MR) is 49.1 cm³/mol. The predicted octanol–water partition coefficient (Wildman–Crippen LogP) is 1.41. The minimum Gasteiger partial charge on any atom is -0.461 e. The molecule has 0 fully saturated rings. The first-order valence-corrected chi connectivity index (χ1v) is 4.07. The van der Waals surface area contributed by atoms with Gasteiger partial charge in [0.1, 0.15) is 5.75 Å². The molecule has 0 amide bonds. The Morgan fingerprint density at radius 2 is 2.23 bits per heavy atom. The van der Waals surface area contributed by atoms with Gasteiger partial charge >= 0.3 is 0 Å². The van der Waals surface area contributed by atoms with E-state index in [2.05, 4.69) is 4.99 Å². The number of ether oxygens (including phenoxy) is 1. The molecule has 1 aromatic rings. The van der Waals surface area contributed by atoms with E-state index in [4.69, 9.17) is 4.74 Å². The monoisotopic (exact) mass is 175 g/mol. The number of para-hydroxylation sites is 1. The number of Topliss-reactive ketones (excluding diaryl/α,β-unsaturated/α-hetero) is 1. The average molecular weight is 175 g/mol. The molecule has 3 heteroatoms. The van der Waals surface area contributed by atoms with Gasteiger partial charge in [-0.1, -0.05) is 12.1 Å². The Balaban J connectivity index is 2.34. The van der Waals surface area contributed by atoms with E-state index >= 15 is 0 Å². The molecule has 0 aliphatic carbocycles. The van der Waals surface area contributed by atoms with Crippen LogP contribution >= 0.6 is 0 Å². The van der Waals surface area contributed by atoms with Crippen molar-refractivity contribution in [3.63, 3.8) is 0 Å². The van der Waals surface area contributed by atoms with Crippen LogP contribution in [0.15, 0.2) is 29.3 Å². The van der Waals surface area contributed by atoms with Crippen LogP contribution in [0, 0.1) is 0 Å². The van der Waals surface area contributed by atoms with E-state index in [-0.39, 0.29) is 5.78 Å². The number of benzene rings is 1. The van der Waals surface area contributed by atoms with E-state index in [9.17, 15) is 4.79 Å². The third-order valence-corrected chi connectivity index (χ3v) is 1.85. The van der Waals surface area contributed by atoms with Crippen LogP contribution in [-0.4, -0.2) is 18.2 Å². The van der Waals surface area contributed by atoms with E-state index in [0.29, 0.717) is 0 Å². The molecule has 0 aromatic heterocycles. The lowest BCUT2D eigenvalue weighted by molar-refractivity contribution is -0.123. The normalized spacial score (nSPS) is 19.0. The van der Waals surface area contributed by atoms with Crippen LogP contribution in [0.1, 0.15) is 12.5 Å². The molecule has 66 valence electrons. The molecule has 0 N–H and O–H groups in total. The molecule has 0 saturated heterocycles. The first kappa shape index (κ1) is 7.98. The summed E-state index contributed by atoms with van der Waals surface area (Å²) in [6.07, 6.45) is 1.01. The summed E-state index contributed by atoms with van der Waals surface area (Å²) in [5, 5.41) is 0. The number of hydrogen-bond donors (Lipinski definition) is 0. The zero-order valence-corrected chi connectivity index (χ0v) is 7.23. The maximum atomic E-state index is 11.0. The number of ketones is 1. The molecule has 0 spiro atoms. The molecule has 0 bridgehead atoms. The molecule has 1 aliphatic heterocycles. The molecule has 1 aliphatic rings. The van der Waals surface area contributed by atoms with Crippen LogP contribution in [0.5, 0.6) is 5.75 Å². The Morgan fingerprint density at radius 1 is 1.46 bits per heavy atom. The van der Waals surface area contributed by atoms with Crippen LogP contribution in [0.25, 0.3) is 0 Å². The van der Waals surface area contributed by atoms with Gasteiger partial charge in [0.05, 0.1) is 0 Å². The summed E-state index contributed by atoms with van der Waals surface area (Å²) in [7, 11) is 0. The molecule has 0 saturated carbocycles. The van der Waals surface area contributed by atoms with Crippen molar-refractivity contribution in [1.29, 1.82) is 0 Å².